The molecule has 1 N–H and O–H groups in total. The van der Waals surface area contributed by atoms with E-state index in [0.717, 1.165) is 29.5 Å². The molecule has 1 heterocycles. The molecule has 0 unspecified atom stereocenters. The van der Waals surface area contributed by atoms with Gasteiger partial charge in [0.1, 0.15) is 0 Å². The van der Waals surface area contributed by atoms with Crippen LogP contribution >= 0.6 is 0 Å². The number of benzene rings is 3. The quantitative estimate of drug-likeness (QED) is 0.748. The third kappa shape index (κ3) is 3.28. The highest BCUT2D eigenvalue weighted by molar-refractivity contribution is 7.93. The first-order valence-electron chi connectivity index (χ1n) is 8.87. The molecule has 4 rings (SSSR count). The van der Waals surface area contributed by atoms with Crippen molar-refractivity contribution in [3.05, 3.63) is 66.2 Å². The lowest BCUT2D eigenvalue weighted by molar-refractivity contribution is -0.116. The SMILES string of the molecule is CC(=O)N1CCCc2cc(NS(=O)(=O)c3cccc4ccccc34)ccc21. The van der Waals surface area contributed by atoms with Crippen LogP contribution < -0.4 is 9.62 Å². The van der Waals surface area contributed by atoms with Crippen molar-refractivity contribution in [3.8, 4) is 0 Å². The number of nitrogens with zero attached hydrogens (tertiary/aromatic N) is 1. The van der Waals surface area contributed by atoms with E-state index in [1.54, 1.807) is 30.0 Å². The maximum absolute atomic E-state index is 13.0. The predicted octanol–water partition coefficient (Wildman–Crippen LogP) is 3.94. The summed E-state index contributed by atoms with van der Waals surface area (Å²) in [6.07, 6.45) is 1.69. The van der Waals surface area contributed by atoms with Crippen LogP contribution in [0.4, 0.5) is 11.4 Å². The van der Waals surface area contributed by atoms with E-state index in [1.807, 2.05) is 42.5 Å². The van der Waals surface area contributed by atoms with Crippen molar-refractivity contribution in [2.75, 3.05) is 16.2 Å². The molecule has 1 aliphatic heterocycles. The van der Waals surface area contributed by atoms with Gasteiger partial charge in [0.05, 0.1) is 4.90 Å². The number of amides is 1. The Bertz CT molecular complexity index is 1130. The highest BCUT2D eigenvalue weighted by Crippen LogP contribution is 2.31. The number of anilines is 2. The van der Waals surface area contributed by atoms with E-state index in [1.165, 1.54) is 0 Å². The van der Waals surface area contributed by atoms with Crippen LogP contribution in [0.1, 0.15) is 18.9 Å². The lowest BCUT2D eigenvalue weighted by Gasteiger charge is -2.29. The molecule has 1 amide bonds. The molecule has 27 heavy (non-hydrogen) atoms. The molecule has 0 atom stereocenters. The first-order valence-corrected chi connectivity index (χ1v) is 10.4. The predicted molar refractivity (Wildman–Crippen MR) is 108 cm³/mol. The molecule has 0 fully saturated rings. The molecule has 0 spiro atoms. The fourth-order valence-corrected chi connectivity index (χ4v) is 4.91. The lowest BCUT2D eigenvalue weighted by atomic mass is 10.0. The van der Waals surface area contributed by atoms with Gasteiger partial charge in [0.2, 0.25) is 5.91 Å². The van der Waals surface area contributed by atoms with Gasteiger partial charge in [-0.05, 0) is 48.1 Å². The van der Waals surface area contributed by atoms with E-state index in [-0.39, 0.29) is 10.8 Å². The van der Waals surface area contributed by atoms with Crippen molar-refractivity contribution in [3.63, 3.8) is 0 Å². The molecule has 0 radical (unpaired) electrons. The van der Waals surface area contributed by atoms with E-state index >= 15 is 0 Å². The molecular formula is C21H20N2O3S. The van der Waals surface area contributed by atoms with Crippen molar-refractivity contribution < 1.29 is 13.2 Å². The normalized spacial score (nSPS) is 14.0. The molecular weight excluding hydrogens is 360 g/mol. The Hall–Kier alpha value is -2.86. The smallest absolute Gasteiger partial charge is 0.262 e. The maximum atomic E-state index is 13.0. The number of sulfonamides is 1. The van der Waals surface area contributed by atoms with Crippen LogP contribution in [0.15, 0.2) is 65.6 Å². The van der Waals surface area contributed by atoms with Gasteiger partial charge in [0.15, 0.2) is 0 Å². The van der Waals surface area contributed by atoms with Gasteiger partial charge in [-0.1, -0.05) is 36.4 Å². The molecule has 138 valence electrons. The third-order valence-corrected chi connectivity index (χ3v) is 6.31. The third-order valence-electron chi connectivity index (χ3n) is 4.87. The number of carbonyl (C=O) groups is 1. The number of nitrogens with one attached hydrogen (secondary N) is 1. The molecule has 5 nitrogen and oxygen atoms in total. The Morgan fingerprint density at radius 1 is 1.04 bits per heavy atom. The Morgan fingerprint density at radius 3 is 2.63 bits per heavy atom. The monoisotopic (exact) mass is 380 g/mol. The second-order valence-electron chi connectivity index (χ2n) is 6.70. The Labute approximate surface area is 158 Å². The fourth-order valence-electron chi connectivity index (χ4n) is 3.63. The average molecular weight is 380 g/mol. The zero-order chi connectivity index (χ0) is 19.0. The summed E-state index contributed by atoms with van der Waals surface area (Å²) >= 11 is 0. The topological polar surface area (TPSA) is 66.5 Å². The average Bonchev–Trinajstić information content (AvgIpc) is 2.66. The number of rotatable bonds is 3. The first kappa shape index (κ1) is 17.5. The zero-order valence-corrected chi connectivity index (χ0v) is 15.8. The van der Waals surface area contributed by atoms with Crippen LogP contribution in [0, 0.1) is 0 Å². The zero-order valence-electron chi connectivity index (χ0n) is 15.0. The molecule has 0 bridgehead atoms. The molecule has 0 saturated carbocycles. The minimum atomic E-state index is -3.73. The number of fused-ring (bicyclic) bond motifs is 2. The molecule has 0 aromatic heterocycles. The van der Waals surface area contributed by atoms with Crippen molar-refractivity contribution in [2.24, 2.45) is 0 Å². The number of aryl methyl sites for hydroxylation is 1. The minimum Gasteiger partial charge on any atom is -0.312 e. The molecule has 3 aromatic rings. The molecule has 0 saturated heterocycles. The summed E-state index contributed by atoms with van der Waals surface area (Å²) in [6.45, 7) is 2.25. The van der Waals surface area contributed by atoms with E-state index < -0.39 is 10.0 Å². The standard InChI is InChI=1S/C21H20N2O3S/c1-15(24)23-13-5-8-17-14-18(11-12-20(17)23)22-27(25,26)21-10-4-7-16-6-2-3-9-19(16)21/h2-4,6-7,9-12,14,22H,5,8,13H2,1H3. The van der Waals surface area contributed by atoms with Crippen LogP contribution in [0.3, 0.4) is 0 Å². The summed E-state index contributed by atoms with van der Waals surface area (Å²) in [7, 11) is -3.73. The van der Waals surface area contributed by atoms with E-state index in [0.29, 0.717) is 17.6 Å². The van der Waals surface area contributed by atoms with Gasteiger partial charge >= 0.3 is 0 Å². The van der Waals surface area contributed by atoms with Gasteiger partial charge in [-0.15, -0.1) is 0 Å². The summed E-state index contributed by atoms with van der Waals surface area (Å²) in [5.41, 5.74) is 2.35. The van der Waals surface area contributed by atoms with E-state index in [2.05, 4.69) is 4.72 Å². The van der Waals surface area contributed by atoms with Crippen LogP contribution in [0.2, 0.25) is 0 Å². The molecule has 3 aromatic carbocycles. The summed E-state index contributed by atoms with van der Waals surface area (Å²) in [4.78, 5) is 13.8. The lowest BCUT2D eigenvalue weighted by Crippen LogP contribution is -2.33. The Morgan fingerprint density at radius 2 is 1.81 bits per heavy atom. The van der Waals surface area contributed by atoms with Crippen molar-refractivity contribution >= 4 is 38.1 Å². The van der Waals surface area contributed by atoms with E-state index in [9.17, 15) is 13.2 Å². The summed E-state index contributed by atoms with van der Waals surface area (Å²) < 4.78 is 28.7. The van der Waals surface area contributed by atoms with Crippen LogP contribution in [0.5, 0.6) is 0 Å². The maximum Gasteiger partial charge on any atom is 0.262 e. The molecule has 0 aliphatic carbocycles. The Balaban J connectivity index is 1.70. The van der Waals surface area contributed by atoms with Crippen molar-refractivity contribution in [2.45, 2.75) is 24.7 Å². The molecule has 6 heteroatoms. The molecule has 1 aliphatic rings. The van der Waals surface area contributed by atoms with Gasteiger partial charge in [-0.2, -0.15) is 0 Å². The van der Waals surface area contributed by atoms with Gasteiger partial charge in [-0.25, -0.2) is 8.42 Å². The van der Waals surface area contributed by atoms with Crippen LogP contribution in [0.25, 0.3) is 10.8 Å². The summed E-state index contributed by atoms with van der Waals surface area (Å²) in [6, 6.07) is 18.0. The highest BCUT2D eigenvalue weighted by Gasteiger charge is 2.22. The summed E-state index contributed by atoms with van der Waals surface area (Å²) in [5.74, 6) is 0.0000334. The summed E-state index contributed by atoms with van der Waals surface area (Å²) in [5, 5.41) is 1.57. The van der Waals surface area contributed by atoms with Crippen molar-refractivity contribution in [1.29, 1.82) is 0 Å². The minimum absolute atomic E-state index is 0.0000334. The number of carbonyl (C=O) groups excluding carboxylic acids is 1. The first-order chi connectivity index (χ1) is 13.0. The fraction of sp³-hybridized carbons (Fsp3) is 0.190. The van der Waals surface area contributed by atoms with Gasteiger partial charge in [0, 0.05) is 30.2 Å². The van der Waals surface area contributed by atoms with Gasteiger partial charge in [-0.3, -0.25) is 9.52 Å². The number of hydrogen-bond acceptors (Lipinski definition) is 3. The second-order valence-corrected chi connectivity index (χ2v) is 8.35. The second kappa shape index (κ2) is 6.70. The van der Waals surface area contributed by atoms with Crippen LogP contribution in [-0.2, 0) is 21.2 Å². The van der Waals surface area contributed by atoms with Crippen LogP contribution in [-0.4, -0.2) is 20.9 Å². The van der Waals surface area contributed by atoms with Gasteiger partial charge in [0.25, 0.3) is 10.0 Å². The Kier molecular flexibility index (Phi) is 4.36. The van der Waals surface area contributed by atoms with E-state index in [4.69, 9.17) is 0 Å². The van der Waals surface area contributed by atoms with Gasteiger partial charge < -0.3 is 4.90 Å². The number of hydrogen-bond donors (Lipinski definition) is 1. The highest BCUT2D eigenvalue weighted by atomic mass is 32.2. The van der Waals surface area contributed by atoms with Crippen molar-refractivity contribution in [1.82, 2.24) is 0 Å². The largest absolute Gasteiger partial charge is 0.312 e.